The van der Waals surface area contributed by atoms with Crippen LogP contribution in [0.3, 0.4) is 0 Å². The standard InChI is InChI=1S/C21H20ClN3O4/c22-16-8-6-15(7-9-16)13-25-11-10-17(24-25)20(27)23-18(19(26)21(28)29)12-14-4-2-1-3-5-14/h1-11,18-19,26H,12-13H2,(H,23,27)(H,28,29)/t18-,19-/m1/s1. The number of aromatic nitrogens is 2. The number of carbonyl (C=O) groups is 2. The Balaban J connectivity index is 1.69. The Labute approximate surface area is 172 Å². The van der Waals surface area contributed by atoms with Crippen molar-refractivity contribution in [3.05, 3.63) is 88.7 Å². The predicted octanol–water partition coefficient (Wildman–Crippen LogP) is 2.37. The molecule has 0 aliphatic heterocycles. The van der Waals surface area contributed by atoms with Crippen molar-refractivity contribution < 1.29 is 19.8 Å². The molecule has 2 atom stereocenters. The highest BCUT2D eigenvalue weighted by Crippen LogP contribution is 2.11. The van der Waals surface area contributed by atoms with E-state index in [1.807, 2.05) is 18.2 Å². The Hall–Kier alpha value is -3.16. The fourth-order valence-corrected chi connectivity index (χ4v) is 3.00. The van der Waals surface area contributed by atoms with Gasteiger partial charge in [0.15, 0.2) is 6.10 Å². The molecular weight excluding hydrogens is 394 g/mol. The Morgan fingerprint density at radius 1 is 1.03 bits per heavy atom. The molecule has 3 N–H and O–H groups in total. The molecule has 150 valence electrons. The molecule has 0 unspecified atom stereocenters. The quantitative estimate of drug-likeness (QED) is 0.526. The summed E-state index contributed by atoms with van der Waals surface area (Å²) in [6.45, 7) is 0.454. The third kappa shape index (κ3) is 5.66. The van der Waals surface area contributed by atoms with Gasteiger partial charge in [0.05, 0.1) is 12.6 Å². The van der Waals surface area contributed by atoms with Crippen molar-refractivity contribution in [3.8, 4) is 0 Å². The average Bonchev–Trinajstić information content (AvgIpc) is 3.18. The van der Waals surface area contributed by atoms with E-state index in [2.05, 4.69) is 10.4 Å². The average molecular weight is 414 g/mol. The van der Waals surface area contributed by atoms with E-state index < -0.39 is 24.0 Å². The van der Waals surface area contributed by atoms with Crippen LogP contribution < -0.4 is 5.32 Å². The second kappa shape index (κ2) is 9.36. The maximum Gasteiger partial charge on any atom is 0.334 e. The third-order valence-electron chi connectivity index (χ3n) is 4.38. The zero-order valence-corrected chi connectivity index (χ0v) is 16.2. The zero-order valence-electron chi connectivity index (χ0n) is 15.4. The van der Waals surface area contributed by atoms with E-state index in [1.165, 1.54) is 6.07 Å². The number of hydrogen-bond acceptors (Lipinski definition) is 4. The monoisotopic (exact) mass is 413 g/mol. The van der Waals surface area contributed by atoms with Gasteiger partial charge in [-0.15, -0.1) is 0 Å². The van der Waals surface area contributed by atoms with Crippen molar-refractivity contribution in [1.82, 2.24) is 15.1 Å². The normalized spacial score (nSPS) is 12.9. The summed E-state index contributed by atoms with van der Waals surface area (Å²) < 4.78 is 1.60. The fourth-order valence-electron chi connectivity index (χ4n) is 2.87. The van der Waals surface area contributed by atoms with Crippen LogP contribution in [-0.4, -0.2) is 44.0 Å². The summed E-state index contributed by atoms with van der Waals surface area (Å²) in [4.78, 5) is 23.8. The first-order valence-electron chi connectivity index (χ1n) is 8.96. The molecule has 0 spiro atoms. The van der Waals surface area contributed by atoms with Crippen LogP contribution in [0.2, 0.25) is 5.02 Å². The zero-order chi connectivity index (χ0) is 20.8. The molecule has 3 rings (SSSR count). The van der Waals surface area contributed by atoms with E-state index >= 15 is 0 Å². The molecule has 3 aromatic rings. The van der Waals surface area contributed by atoms with Gasteiger partial charge in [-0.05, 0) is 35.7 Å². The Bertz CT molecular complexity index is 973. The van der Waals surface area contributed by atoms with Crippen LogP contribution in [0.25, 0.3) is 0 Å². The van der Waals surface area contributed by atoms with Gasteiger partial charge in [0.25, 0.3) is 5.91 Å². The fraction of sp³-hybridized carbons (Fsp3) is 0.190. The number of amides is 1. The number of nitrogens with one attached hydrogen (secondary N) is 1. The molecule has 0 aliphatic rings. The first-order valence-corrected chi connectivity index (χ1v) is 9.34. The van der Waals surface area contributed by atoms with Crippen LogP contribution in [0.4, 0.5) is 0 Å². The summed E-state index contributed by atoms with van der Waals surface area (Å²) in [5, 5.41) is 26.6. The van der Waals surface area contributed by atoms with Crippen molar-refractivity contribution in [2.24, 2.45) is 0 Å². The van der Waals surface area contributed by atoms with Crippen LogP contribution in [0.1, 0.15) is 21.6 Å². The summed E-state index contributed by atoms with van der Waals surface area (Å²) in [7, 11) is 0. The molecule has 2 aromatic carbocycles. The molecule has 0 bridgehead atoms. The summed E-state index contributed by atoms with van der Waals surface area (Å²) in [6.07, 6.45) is 0.0878. The number of rotatable bonds is 8. The van der Waals surface area contributed by atoms with Crippen molar-refractivity contribution >= 4 is 23.5 Å². The number of aliphatic carboxylic acids is 1. The van der Waals surface area contributed by atoms with Crippen LogP contribution >= 0.6 is 11.6 Å². The number of aliphatic hydroxyl groups excluding tert-OH is 1. The van der Waals surface area contributed by atoms with E-state index in [1.54, 1.807) is 47.3 Å². The molecule has 0 aliphatic carbocycles. The highest BCUT2D eigenvalue weighted by molar-refractivity contribution is 6.30. The van der Waals surface area contributed by atoms with Crippen molar-refractivity contribution in [1.29, 1.82) is 0 Å². The molecule has 29 heavy (non-hydrogen) atoms. The number of halogens is 1. The number of nitrogens with zero attached hydrogens (tertiary/aromatic N) is 2. The first-order chi connectivity index (χ1) is 13.9. The molecule has 0 saturated carbocycles. The lowest BCUT2D eigenvalue weighted by atomic mass is 10.0. The lowest BCUT2D eigenvalue weighted by Gasteiger charge is -2.21. The minimum Gasteiger partial charge on any atom is -0.479 e. The van der Waals surface area contributed by atoms with Gasteiger partial charge in [0, 0.05) is 11.2 Å². The molecule has 8 heteroatoms. The maximum absolute atomic E-state index is 12.6. The van der Waals surface area contributed by atoms with Gasteiger partial charge in [-0.25, -0.2) is 4.79 Å². The Kier molecular flexibility index (Phi) is 6.64. The van der Waals surface area contributed by atoms with Crippen LogP contribution in [0, 0.1) is 0 Å². The smallest absolute Gasteiger partial charge is 0.334 e. The molecule has 0 saturated heterocycles. The van der Waals surface area contributed by atoms with Crippen LogP contribution in [0.5, 0.6) is 0 Å². The second-order valence-corrected chi connectivity index (χ2v) is 7.01. The lowest BCUT2D eigenvalue weighted by Crippen LogP contribution is -2.48. The second-order valence-electron chi connectivity index (χ2n) is 6.58. The summed E-state index contributed by atoms with van der Waals surface area (Å²) >= 11 is 5.88. The highest BCUT2D eigenvalue weighted by atomic mass is 35.5. The van der Waals surface area contributed by atoms with Crippen molar-refractivity contribution in [3.63, 3.8) is 0 Å². The van der Waals surface area contributed by atoms with Gasteiger partial charge in [-0.3, -0.25) is 9.48 Å². The van der Waals surface area contributed by atoms with E-state index in [0.717, 1.165) is 11.1 Å². The molecule has 1 heterocycles. The molecule has 1 amide bonds. The van der Waals surface area contributed by atoms with Crippen LogP contribution in [0.15, 0.2) is 66.9 Å². The van der Waals surface area contributed by atoms with Gasteiger partial charge in [0.1, 0.15) is 5.69 Å². The molecule has 0 radical (unpaired) electrons. The SMILES string of the molecule is O=C(N[C@H](Cc1ccccc1)[C@@H](O)C(=O)O)c1ccn(Cc2ccc(Cl)cc2)n1. The van der Waals surface area contributed by atoms with Crippen molar-refractivity contribution in [2.75, 3.05) is 0 Å². The number of carboxylic acids is 1. The number of hydrogen-bond donors (Lipinski definition) is 3. The van der Waals surface area contributed by atoms with E-state index in [-0.39, 0.29) is 12.1 Å². The van der Waals surface area contributed by atoms with Gasteiger partial charge >= 0.3 is 5.97 Å². The number of aliphatic hydroxyl groups is 1. The number of benzene rings is 2. The van der Waals surface area contributed by atoms with E-state index in [4.69, 9.17) is 11.6 Å². The van der Waals surface area contributed by atoms with Crippen molar-refractivity contribution in [2.45, 2.75) is 25.1 Å². The minimum atomic E-state index is -1.74. The summed E-state index contributed by atoms with van der Waals surface area (Å²) in [6, 6.07) is 16.9. The van der Waals surface area contributed by atoms with E-state index in [9.17, 15) is 19.8 Å². The molecule has 7 nitrogen and oxygen atoms in total. The topological polar surface area (TPSA) is 104 Å². The minimum absolute atomic E-state index is 0.134. The maximum atomic E-state index is 12.6. The van der Waals surface area contributed by atoms with Gasteiger partial charge in [-0.2, -0.15) is 5.10 Å². The highest BCUT2D eigenvalue weighted by Gasteiger charge is 2.28. The van der Waals surface area contributed by atoms with Gasteiger partial charge in [0.2, 0.25) is 0 Å². The summed E-state index contributed by atoms with van der Waals surface area (Å²) in [5.41, 5.74) is 1.90. The number of carboxylic acid groups (broad SMARTS) is 1. The van der Waals surface area contributed by atoms with Crippen LogP contribution in [-0.2, 0) is 17.8 Å². The molecular formula is C21H20ClN3O4. The third-order valence-corrected chi connectivity index (χ3v) is 4.63. The first kappa shape index (κ1) is 20.6. The predicted molar refractivity (Wildman–Crippen MR) is 108 cm³/mol. The largest absolute Gasteiger partial charge is 0.479 e. The summed E-state index contributed by atoms with van der Waals surface area (Å²) in [5.74, 6) is -1.96. The molecule has 1 aromatic heterocycles. The Morgan fingerprint density at radius 3 is 2.38 bits per heavy atom. The number of carbonyl (C=O) groups excluding carboxylic acids is 1. The van der Waals surface area contributed by atoms with Gasteiger partial charge in [-0.1, -0.05) is 54.1 Å². The lowest BCUT2D eigenvalue weighted by molar-refractivity contribution is -0.148. The van der Waals surface area contributed by atoms with Gasteiger partial charge < -0.3 is 15.5 Å². The Morgan fingerprint density at radius 2 is 1.72 bits per heavy atom. The molecule has 0 fully saturated rings. The van der Waals surface area contributed by atoms with E-state index in [0.29, 0.717) is 11.6 Å².